The van der Waals surface area contributed by atoms with E-state index in [9.17, 15) is 23.2 Å². The molecule has 0 aromatic carbocycles. The lowest BCUT2D eigenvalue weighted by molar-refractivity contribution is -0.324. The highest BCUT2D eigenvalue weighted by Gasteiger charge is 2.52. The molecule has 3 N–H and O–H groups in total. The van der Waals surface area contributed by atoms with E-state index in [2.05, 4.69) is 4.84 Å². The second-order valence-corrected chi connectivity index (χ2v) is 4.46. The smallest absolute Gasteiger partial charge is 0.475 e. The van der Waals surface area contributed by atoms with Crippen molar-refractivity contribution in [2.24, 2.45) is 5.73 Å². The van der Waals surface area contributed by atoms with E-state index in [1.807, 2.05) is 0 Å². The Balaban J connectivity index is 2.27. The lowest BCUT2D eigenvalue weighted by Gasteiger charge is -2.27. The Morgan fingerprint density at radius 1 is 1.55 bits per heavy atom. The maximum atomic E-state index is 13.0. The Kier molecular flexibility index (Phi) is 3.12. The van der Waals surface area contributed by atoms with Crippen LogP contribution >= 0.6 is 0 Å². The molecule has 0 aromatic heterocycles. The third kappa shape index (κ3) is 2.07. The summed E-state index contributed by atoms with van der Waals surface area (Å²) >= 11 is 0. The first-order valence-corrected chi connectivity index (χ1v) is 5.53. The first kappa shape index (κ1) is 14.2. The molecule has 1 fully saturated rings. The molecule has 0 aliphatic carbocycles. The van der Waals surface area contributed by atoms with Crippen LogP contribution in [0.5, 0.6) is 0 Å². The van der Waals surface area contributed by atoms with E-state index >= 15 is 0 Å². The molecule has 2 rings (SSSR count). The normalized spacial score (nSPS) is 25.8. The number of hydroxylamine groups is 2. The van der Waals surface area contributed by atoms with Crippen molar-refractivity contribution in [2.75, 3.05) is 6.54 Å². The van der Waals surface area contributed by atoms with Crippen molar-refractivity contribution in [3.8, 4) is 0 Å². The Labute approximate surface area is 111 Å². The van der Waals surface area contributed by atoms with Crippen molar-refractivity contribution in [1.82, 2.24) is 9.96 Å². The number of nitrogens with two attached hydrogens (primary N) is 1. The van der Waals surface area contributed by atoms with Gasteiger partial charge in [0.1, 0.15) is 6.04 Å². The van der Waals surface area contributed by atoms with Crippen molar-refractivity contribution < 1.29 is 33.1 Å². The summed E-state index contributed by atoms with van der Waals surface area (Å²) < 4.78 is 26.1. The lowest BCUT2D eigenvalue weighted by atomic mass is 10.0. The molecule has 2 aliphatic rings. The van der Waals surface area contributed by atoms with Gasteiger partial charge >= 0.3 is 18.1 Å². The van der Waals surface area contributed by atoms with Crippen LogP contribution in [-0.4, -0.2) is 57.7 Å². The second kappa shape index (κ2) is 4.40. The van der Waals surface area contributed by atoms with Gasteiger partial charge in [-0.05, 0) is 12.5 Å². The maximum Gasteiger partial charge on any atom is 0.476 e. The minimum atomic E-state index is -4.54. The number of primary amides is 1. The quantitative estimate of drug-likeness (QED) is 0.679. The highest BCUT2D eigenvalue weighted by molar-refractivity contribution is 5.90. The predicted octanol–water partition coefficient (Wildman–Crippen LogP) is -0.485. The summed E-state index contributed by atoms with van der Waals surface area (Å²) in [6.07, 6.45) is -3.17. The van der Waals surface area contributed by atoms with Crippen LogP contribution in [0.2, 0.25) is 0 Å². The van der Waals surface area contributed by atoms with Gasteiger partial charge in [0, 0.05) is 0 Å². The monoisotopic (exact) mass is 291 g/mol. The van der Waals surface area contributed by atoms with E-state index in [-0.39, 0.29) is 11.6 Å². The van der Waals surface area contributed by atoms with Gasteiger partial charge in [0.15, 0.2) is 0 Å². The number of carbonyl (C=O) groups is 3. The van der Waals surface area contributed by atoms with Crippen molar-refractivity contribution in [2.45, 2.75) is 25.1 Å². The van der Waals surface area contributed by atoms with Crippen molar-refractivity contribution in [3.05, 3.63) is 11.6 Å². The van der Waals surface area contributed by atoms with Crippen LogP contribution in [0.1, 0.15) is 6.92 Å². The first-order chi connectivity index (χ1) is 9.15. The number of carbonyl (C=O) groups excluding carboxylic acids is 2. The van der Waals surface area contributed by atoms with Crippen LogP contribution in [0.25, 0.3) is 0 Å². The van der Waals surface area contributed by atoms with Gasteiger partial charge in [0.05, 0.1) is 12.6 Å². The molecular formula is C10H11F2N3O5. The number of fused-ring (bicyclic) bond motifs is 2. The predicted molar refractivity (Wildman–Crippen MR) is 58.1 cm³/mol. The molecule has 8 nitrogen and oxygen atoms in total. The summed E-state index contributed by atoms with van der Waals surface area (Å²) in [7, 11) is 0. The van der Waals surface area contributed by atoms with Gasteiger partial charge < -0.3 is 15.7 Å². The number of carboxylic acid groups (broad SMARTS) is 1. The molecule has 2 atom stereocenters. The number of urea groups is 1. The van der Waals surface area contributed by atoms with Crippen LogP contribution in [0.3, 0.4) is 0 Å². The average molecular weight is 291 g/mol. The number of hydrogen-bond acceptors (Lipinski definition) is 4. The minimum absolute atomic E-state index is 0.0839. The molecule has 0 unspecified atom stereocenters. The van der Waals surface area contributed by atoms with Gasteiger partial charge in [-0.25, -0.2) is 9.59 Å². The van der Waals surface area contributed by atoms with Gasteiger partial charge in [-0.2, -0.15) is 18.7 Å². The molecule has 2 heterocycles. The zero-order chi connectivity index (χ0) is 15.2. The van der Waals surface area contributed by atoms with Gasteiger partial charge in [0.25, 0.3) is 0 Å². The number of carboxylic acids is 1. The molecular weight excluding hydrogens is 280 g/mol. The van der Waals surface area contributed by atoms with Crippen LogP contribution in [0, 0.1) is 0 Å². The standard InChI is InChI=1S/C10H11F2N3O5/c1-4-2-5-3-14(6(4)7(13)16)9(19)15(5)20-10(11,12)8(17)18/h2,5-6H,3H2,1H3,(H2,13,16)(H,17,18)/t5-,6+/m1/s1. The number of hydrogen-bond donors (Lipinski definition) is 2. The number of amides is 3. The zero-order valence-electron chi connectivity index (χ0n) is 10.2. The number of halogens is 2. The van der Waals surface area contributed by atoms with E-state index in [0.29, 0.717) is 5.57 Å². The fraction of sp³-hybridized carbons (Fsp3) is 0.500. The highest BCUT2D eigenvalue weighted by Crippen LogP contribution is 2.32. The summed E-state index contributed by atoms with van der Waals surface area (Å²) in [5.74, 6) is -3.33. The Morgan fingerprint density at radius 3 is 2.65 bits per heavy atom. The summed E-state index contributed by atoms with van der Waals surface area (Å²) in [6.45, 7) is 1.43. The van der Waals surface area contributed by atoms with Gasteiger partial charge in [-0.1, -0.05) is 6.08 Å². The fourth-order valence-corrected chi connectivity index (χ4v) is 2.25. The highest BCUT2D eigenvalue weighted by atomic mass is 19.3. The third-order valence-corrected chi connectivity index (χ3v) is 3.05. The molecule has 2 bridgehead atoms. The fourth-order valence-electron chi connectivity index (χ4n) is 2.25. The van der Waals surface area contributed by atoms with Crippen LogP contribution < -0.4 is 5.73 Å². The molecule has 0 saturated carbocycles. The molecule has 0 aromatic rings. The lowest BCUT2D eigenvalue weighted by Crippen LogP contribution is -2.48. The summed E-state index contributed by atoms with van der Waals surface area (Å²) in [6, 6.07) is -2.98. The molecule has 0 radical (unpaired) electrons. The largest absolute Gasteiger partial charge is 0.476 e. The summed E-state index contributed by atoms with van der Waals surface area (Å²) in [5.41, 5.74) is 5.56. The van der Waals surface area contributed by atoms with Crippen LogP contribution in [0.15, 0.2) is 11.6 Å². The summed E-state index contributed by atoms with van der Waals surface area (Å²) in [5, 5.41) is 8.56. The van der Waals surface area contributed by atoms with Crippen molar-refractivity contribution in [3.63, 3.8) is 0 Å². The Bertz CT molecular complexity index is 521. The van der Waals surface area contributed by atoms with Crippen molar-refractivity contribution in [1.29, 1.82) is 0 Å². The number of nitrogens with zero attached hydrogens (tertiary/aromatic N) is 2. The molecule has 10 heteroatoms. The van der Waals surface area contributed by atoms with Crippen LogP contribution in [-0.2, 0) is 14.4 Å². The van der Waals surface area contributed by atoms with Crippen molar-refractivity contribution >= 4 is 17.9 Å². The molecule has 20 heavy (non-hydrogen) atoms. The SMILES string of the molecule is CC1=C[C@@H]2CN(C(=O)N2OC(F)(F)C(=O)O)[C@@H]1C(N)=O. The third-order valence-electron chi connectivity index (χ3n) is 3.05. The Hall–Kier alpha value is -2.23. The van der Waals surface area contributed by atoms with E-state index in [0.717, 1.165) is 4.90 Å². The molecule has 3 amide bonds. The van der Waals surface area contributed by atoms with Gasteiger partial charge in [-0.15, -0.1) is 0 Å². The Morgan fingerprint density at radius 2 is 2.15 bits per heavy atom. The average Bonchev–Trinajstić information content (AvgIpc) is 2.54. The molecule has 1 saturated heterocycles. The topological polar surface area (TPSA) is 113 Å². The van der Waals surface area contributed by atoms with E-state index < -0.39 is 36.1 Å². The number of aliphatic carboxylic acids is 1. The number of rotatable bonds is 4. The zero-order valence-corrected chi connectivity index (χ0v) is 10.2. The maximum absolute atomic E-state index is 13.0. The number of alkyl halides is 2. The van der Waals surface area contributed by atoms with Crippen LogP contribution in [0.4, 0.5) is 13.6 Å². The molecule has 110 valence electrons. The summed E-state index contributed by atoms with van der Waals surface area (Å²) in [4.78, 5) is 38.5. The minimum Gasteiger partial charge on any atom is -0.475 e. The van der Waals surface area contributed by atoms with E-state index in [1.165, 1.54) is 13.0 Å². The first-order valence-electron chi connectivity index (χ1n) is 5.53. The molecule has 2 aliphatic heterocycles. The van der Waals surface area contributed by atoms with E-state index in [1.54, 1.807) is 0 Å². The van der Waals surface area contributed by atoms with Gasteiger partial charge in [-0.3, -0.25) is 4.79 Å². The molecule has 0 spiro atoms. The van der Waals surface area contributed by atoms with E-state index in [4.69, 9.17) is 10.8 Å². The second-order valence-electron chi connectivity index (χ2n) is 4.46. The van der Waals surface area contributed by atoms with Gasteiger partial charge in [0.2, 0.25) is 5.91 Å².